The predicted octanol–water partition coefficient (Wildman–Crippen LogP) is 6.13. The molecule has 35 heavy (non-hydrogen) atoms. The van der Waals surface area contributed by atoms with Crippen LogP contribution in [0.4, 0.5) is 5.69 Å². The smallest absolute Gasteiger partial charge is 0.335 e. The first kappa shape index (κ1) is 23.3. The summed E-state index contributed by atoms with van der Waals surface area (Å²) in [6.45, 7) is 4.09. The summed E-state index contributed by atoms with van der Waals surface area (Å²) in [6, 6.07) is 22.8. The molecule has 2 aromatic carbocycles. The summed E-state index contributed by atoms with van der Waals surface area (Å²) in [5.74, 6) is -0.948. The molecule has 0 aliphatic carbocycles. The highest BCUT2D eigenvalue weighted by Crippen LogP contribution is 2.43. The normalized spacial score (nSPS) is 17.5. The molecule has 1 fully saturated rings. The highest BCUT2D eigenvalue weighted by molar-refractivity contribution is 9.10. The van der Waals surface area contributed by atoms with Crippen LogP contribution in [0.5, 0.6) is 0 Å². The van der Waals surface area contributed by atoms with Gasteiger partial charge < -0.3 is 19.9 Å². The van der Waals surface area contributed by atoms with Crippen molar-refractivity contribution in [1.29, 1.82) is 0 Å². The number of carboxylic acid groups (broad SMARTS) is 1. The number of rotatable bonds is 5. The van der Waals surface area contributed by atoms with Gasteiger partial charge >= 0.3 is 5.97 Å². The Balaban J connectivity index is 1.67. The van der Waals surface area contributed by atoms with Crippen molar-refractivity contribution in [1.82, 2.24) is 14.9 Å². The van der Waals surface area contributed by atoms with Gasteiger partial charge in [0.25, 0.3) is 0 Å². The maximum absolute atomic E-state index is 11.6. The molecule has 0 saturated carbocycles. The Labute approximate surface area is 217 Å². The summed E-state index contributed by atoms with van der Waals surface area (Å²) in [5, 5.41) is 13.6. The number of nitrogens with zero attached hydrogens (tertiary/aromatic N) is 3. The third-order valence-corrected chi connectivity index (χ3v) is 7.19. The number of anilines is 1. The van der Waals surface area contributed by atoms with Gasteiger partial charge in [-0.1, -0.05) is 28.1 Å². The quantitative estimate of drug-likeness (QED) is 0.293. The Hall–Kier alpha value is -3.49. The Morgan fingerprint density at radius 1 is 1.03 bits per heavy atom. The molecule has 1 aliphatic heterocycles. The maximum Gasteiger partial charge on any atom is 0.335 e. The minimum absolute atomic E-state index is 0.152. The standard InChI is InChI=1S/C27H23BrN4O2S/c1-16-14-22(17(2)31(16)21-7-5-6-18(15-21)26(33)34)25-24(23-8-3-4-13-29-23)30-27(35)32(25)20-11-9-19(28)10-12-20/h3-15,24-25H,1-2H3,(H,30,35)(H,33,34)/t24-,25-/m0/s1. The second kappa shape index (κ2) is 9.28. The van der Waals surface area contributed by atoms with Crippen molar-refractivity contribution in [2.45, 2.75) is 25.9 Å². The summed E-state index contributed by atoms with van der Waals surface area (Å²) in [4.78, 5) is 18.4. The van der Waals surface area contributed by atoms with E-state index in [4.69, 9.17) is 12.2 Å². The summed E-state index contributed by atoms with van der Waals surface area (Å²) in [7, 11) is 0. The molecule has 1 saturated heterocycles. The van der Waals surface area contributed by atoms with E-state index in [9.17, 15) is 9.90 Å². The number of carboxylic acids is 1. The second-order valence-corrected chi connectivity index (χ2v) is 9.79. The first-order chi connectivity index (χ1) is 16.8. The zero-order chi connectivity index (χ0) is 24.7. The number of pyridine rings is 1. The second-order valence-electron chi connectivity index (χ2n) is 8.49. The SMILES string of the molecule is Cc1cc([C@H]2[C@H](c3ccccn3)NC(=S)N2c2ccc(Br)cc2)c(C)n1-c1cccc(C(=O)O)c1. The van der Waals surface area contributed by atoms with Crippen molar-refractivity contribution >= 4 is 44.9 Å². The number of benzene rings is 2. The Morgan fingerprint density at radius 2 is 1.80 bits per heavy atom. The molecular formula is C27H23BrN4O2S. The van der Waals surface area contributed by atoms with Gasteiger partial charge in [-0.2, -0.15) is 0 Å². The Kier molecular flexibility index (Phi) is 6.17. The summed E-state index contributed by atoms with van der Waals surface area (Å²) in [5.41, 5.74) is 6.06. The van der Waals surface area contributed by atoms with Crippen LogP contribution in [0.2, 0.25) is 0 Å². The molecule has 5 rings (SSSR count). The van der Waals surface area contributed by atoms with Crippen molar-refractivity contribution < 1.29 is 9.90 Å². The molecule has 2 aromatic heterocycles. The van der Waals surface area contributed by atoms with Crippen LogP contribution in [0.15, 0.2) is 83.5 Å². The molecule has 0 radical (unpaired) electrons. The monoisotopic (exact) mass is 546 g/mol. The van der Waals surface area contributed by atoms with Gasteiger partial charge in [0.1, 0.15) is 0 Å². The third-order valence-electron chi connectivity index (χ3n) is 6.34. The van der Waals surface area contributed by atoms with Gasteiger partial charge in [-0.15, -0.1) is 0 Å². The van der Waals surface area contributed by atoms with E-state index < -0.39 is 5.97 Å². The molecule has 6 nitrogen and oxygen atoms in total. The molecule has 8 heteroatoms. The van der Waals surface area contributed by atoms with Crippen LogP contribution >= 0.6 is 28.1 Å². The average molecular weight is 547 g/mol. The number of aromatic nitrogens is 2. The van der Waals surface area contributed by atoms with Crippen molar-refractivity contribution in [3.63, 3.8) is 0 Å². The molecule has 0 bridgehead atoms. The number of thiocarbonyl (C=S) groups is 1. The molecule has 176 valence electrons. The lowest BCUT2D eigenvalue weighted by Gasteiger charge is -2.28. The highest BCUT2D eigenvalue weighted by Gasteiger charge is 2.42. The number of halogens is 1. The fourth-order valence-electron chi connectivity index (χ4n) is 4.81. The third kappa shape index (κ3) is 4.24. The molecule has 2 N–H and O–H groups in total. The molecule has 2 atom stereocenters. The molecule has 4 aromatic rings. The lowest BCUT2D eigenvalue weighted by molar-refractivity contribution is 0.0697. The van der Waals surface area contributed by atoms with E-state index >= 15 is 0 Å². The number of aromatic carboxylic acids is 1. The topological polar surface area (TPSA) is 70.4 Å². The Bertz CT molecular complexity index is 1420. The van der Waals surface area contributed by atoms with Gasteiger partial charge in [-0.25, -0.2) is 4.79 Å². The first-order valence-corrected chi connectivity index (χ1v) is 12.3. The lowest BCUT2D eigenvalue weighted by Crippen LogP contribution is -2.29. The molecule has 0 unspecified atom stereocenters. The fourth-order valence-corrected chi connectivity index (χ4v) is 5.42. The largest absolute Gasteiger partial charge is 0.478 e. The van der Waals surface area contributed by atoms with Crippen LogP contribution in [-0.4, -0.2) is 25.7 Å². The van der Waals surface area contributed by atoms with Gasteiger partial charge in [0.15, 0.2) is 5.11 Å². The number of hydrogen-bond acceptors (Lipinski definition) is 3. The van der Waals surface area contributed by atoms with Gasteiger partial charge in [0.2, 0.25) is 0 Å². The maximum atomic E-state index is 11.6. The Morgan fingerprint density at radius 3 is 2.49 bits per heavy atom. The number of nitrogens with one attached hydrogen (secondary N) is 1. The minimum Gasteiger partial charge on any atom is -0.478 e. The van der Waals surface area contributed by atoms with E-state index in [-0.39, 0.29) is 17.6 Å². The molecular weight excluding hydrogens is 524 g/mol. The average Bonchev–Trinajstić information content (AvgIpc) is 3.35. The number of carbonyl (C=O) groups is 1. The van der Waals surface area contributed by atoms with Crippen molar-refractivity contribution in [2.75, 3.05) is 4.90 Å². The summed E-state index contributed by atoms with van der Waals surface area (Å²) < 4.78 is 3.09. The van der Waals surface area contributed by atoms with Gasteiger partial charge in [-0.05, 0) is 92.3 Å². The molecule has 0 spiro atoms. The van der Waals surface area contributed by atoms with E-state index in [1.807, 2.05) is 55.5 Å². The van der Waals surface area contributed by atoms with Crippen LogP contribution in [0.25, 0.3) is 5.69 Å². The van der Waals surface area contributed by atoms with E-state index in [2.05, 4.69) is 48.7 Å². The first-order valence-electron chi connectivity index (χ1n) is 11.1. The minimum atomic E-state index is -0.948. The van der Waals surface area contributed by atoms with Crippen molar-refractivity contribution in [3.05, 3.63) is 112 Å². The van der Waals surface area contributed by atoms with Gasteiger partial charge in [0.05, 0.1) is 23.3 Å². The van der Waals surface area contributed by atoms with Gasteiger partial charge in [-0.3, -0.25) is 4.98 Å². The van der Waals surface area contributed by atoms with Crippen LogP contribution in [0.3, 0.4) is 0 Å². The lowest BCUT2D eigenvalue weighted by atomic mass is 9.96. The zero-order valence-electron chi connectivity index (χ0n) is 19.1. The van der Waals surface area contributed by atoms with Crippen molar-refractivity contribution in [2.24, 2.45) is 0 Å². The van der Waals surface area contributed by atoms with E-state index in [1.54, 1.807) is 24.4 Å². The van der Waals surface area contributed by atoms with Gasteiger partial charge in [0, 0.05) is 33.4 Å². The summed E-state index contributed by atoms with van der Waals surface area (Å²) in [6.07, 6.45) is 1.79. The van der Waals surface area contributed by atoms with Crippen LogP contribution < -0.4 is 10.2 Å². The van der Waals surface area contributed by atoms with E-state index in [1.165, 1.54) is 0 Å². The summed E-state index contributed by atoms with van der Waals surface area (Å²) >= 11 is 9.36. The molecule has 1 aliphatic rings. The van der Waals surface area contributed by atoms with Crippen LogP contribution in [-0.2, 0) is 0 Å². The van der Waals surface area contributed by atoms with E-state index in [0.29, 0.717) is 5.11 Å². The fraction of sp³-hybridized carbons (Fsp3) is 0.148. The molecule has 3 heterocycles. The predicted molar refractivity (Wildman–Crippen MR) is 144 cm³/mol. The van der Waals surface area contributed by atoms with E-state index in [0.717, 1.165) is 38.5 Å². The van der Waals surface area contributed by atoms with Crippen LogP contribution in [0.1, 0.15) is 45.1 Å². The van der Waals surface area contributed by atoms with Crippen molar-refractivity contribution in [3.8, 4) is 5.69 Å². The molecule has 0 amide bonds. The van der Waals surface area contributed by atoms with Crippen LogP contribution in [0, 0.1) is 13.8 Å². The zero-order valence-corrected chi connectivity index (χ0v) is 21.5. The number of hydrogen-bond donors (Lipinski definition) is 2. The highest BCUT2D eigenvalue weighted by atomic mass is 79.9. The number of aryl methyl sites for hydroxylation is 1.